The lowest BCUT2D eigenvalue weighted by atomic mass is 10.1. The number of hydrogen-bond acceptors (Lipinski definition) is 3. The third-order valence-electron chi connectivity index (χ3n) is 2.75. The van der Waals surface area contributed by atoms with Gasteiger partial charge in [0, 0.05) is 25.5 Å². The molecule has 86 valence electrons. The van der Waals surface area contributed by atoms with Crippen LogP contribution >= 0.6 is 0 Å². The van der Waals surface area contributed by atoms with Crippen LogP contribution < -0.4 is 0 Å². The number of carboxylic acid groups (broad SMARTS) is 1. The van der Waals surface area contributed by atoms with Crippen molar-refractivity contribution in [3.63, 3.8) is 0 Å². The van der Waals surface area contributed by atoms with Gasteiger partial charge in [-0.1, -0.05) is 0 Å². The molecule has 0 bridgehead atoms. The molecule has 1 aromatic heterocycles. The zero-order chi connectivity index (χ0) is 11.5. The molecule has 2 heterocycles. The highest BCUT2D eigenvalue weighted by Gasteiger charge is 2.30. The molecule has 6 nitrogen and oxygen atoms in total. The number of carbonyl (C=O) groups is 2. The fourth-order valence-electron chi connectivity index (χ4n) is 1.82. The second-order valence-corrected chi connectivity index (χ2v) is 3.87. The van der Waals surface area contributed by atoms with Crippen LogP contribution in [-0.2, 0) is 16.1 Å². The summed E-state index contributed by atoms with van der Waals surface area (Å²) in [4.78, 5) is 24.1. The van der Waals surface area contributed by atoms with E-state index in [0.717, 1.165) is 0 Å². The highest BCUT2D eigenvalue weighted by Crippen LogP contribution is 2.16. The van der Waals surface area contributed by atoms with Gasteiger partial charge in [0.1, 0.15) is 6.54 Å². The highest BCUT2D eigenvalue weighted by atomic mass is 16.4. The van der Waals surface area contributed by atoms with E-state index in [4.69, 9.17) is 5.11 Å². The van der Waals surface area contributed by atoms with Crippen molar-refractivity contribution in [2.24, 2.45) is 5.92 Å². The molecule has 1 saturated heterocycles. The molecular formula is C10H13N3O3. The van der Waals surface area contributed by atoms with Gasteiger partial charge in [0.2, 0.25) is 5.91 Å². The van der Waals surface area contributed by atoms with E-state index in [-0.39, 0.29) is 12.5 Å². The van der Waals surface area contributed by atoms with Gasteiger partial charge in [-0.15, -0.1) is 0 Å². The zero-order valence-electron chi connectivity index (χ0n) is 8.74. The lowest BCUT2D eigenvalue weighted by Crippen LogP contribution is -2.32. The summed E-state index contributed by atoms with van der Waals surface area (Å²) < 4.78 is 1.54. The third kappa shape index (κ3) is 2.21. The predicted molar refractivity (Wildman–Crippen MR) is 54.5 cm³/mol. The molecule has 1 aromatic rings. The molecule has 16 heavy (non-hydrogen) atoms. The molecule has 1 amide bonds. The summed E-state index contributed by atoms with van der Waals surface area (Å²) in [5.41, 5.74) is 0. The fraction of sp³-hybridized carbons (Fsp3) is 0.500. The Labute approximate surface area is 92.5 Å². The number of aromatic nitrogens is 2. The molecule has 0 aromatic carbocycles. The topological polar surface area (TPSA) is 75.4 Å². The molecule has 0 aliphatic carbocycles. The molecule has 1 aliphatic rings. The fourth-order valence-corrected chi connectivity index (χ4v) is 1.82. The molecule has 1 N–H and O–H groups in total. The molecule has 0 radical (unpaired) electrons. The minimum absolute atomic E-state index is 0.0764. The smallest absolute Gasteiger partial charge is 0.308 e. The number of amides is 1. The minimum atomic E-state index is -0.825. The first-order valence-corrected chi connectivity index (χ1v) is 5.15. The molecular weight excluding hydrogens is 210 g/mol. The molecule has 6 heteroatoms. The van der Waals surface area contributed by atoms with Gasteiger partial charge in [0.25, 0.3) is 0 Å². The third-order valence-corrected chi connectivity index (χ3v) is 2.75. The van der Waals surface area contributed by atoms with E-state index in [0.29, 0.717) is 19.5 Å². The summed E-state index contributed by atoms with van der Waals surface area (Å²) >= 11 is 0. The second-order valence-electron chi connectivity index (χ2n) is 3.87. The van der Waals surface area contributed by atoms with Crippen molar-refractivity contribution in [3.05, 3.63) is 18.5 Å². The van der Waals surface area contributed by atoms with E-state index in [2.05, 4.69) is 5.10 Å². The van der Waals surface area contributed by atoms with Gasteiger partial charge < -0.3 is 10.0 Å². The van der Waals surface area contributed by atoms with Gasteiger partial charge in [-0.2, -0.15) is 5.10 Å². The van der Waals surface area contributed by atoms with Crippen LogP contribution in [-0.4, -0.2) is 44.8 Å². The number of carboxylic acids is 1. The molecule has 2 rings (SSSR count). The van der Waals surface area contributed by atoms with Crippen molar-refractivity contribution in [1.29, 1.82) is 0 Å². The standard InChI is InChI=1S/C10H13N3O3/c14-9(7-13-4-1-3-11-13)12-5-2-8(6-12)10(15)16/h1,3-4,8H,2,5-7H2,(H,15,16)/t8-/m1/s1. The Morgan fingerprint density at radius 2 is 2.31 bits per heavy atom. The predicted octanol–water partition coefficient (Wildman–Crippen LogP) is -0.184. The Balaban J connectivity index is 1.90. The average Bonchev–Trinajstić information content (AvgIpc) is 2.86. The van der Waals surface area contributed by atoms with Gasteiger partial charge in [0.05, 0.1) is 5.92 Å². The lowest BCUT2D eigenvalue weighted by molar-refractivity contribution is -0.141. The second kappa shape index (κ2) is 4.34. The quantitative estimate of drug-likeness (QED) is 0.771. The van der Waals surface area contributed by atoms with Crippen LogP contribution in [0.1, 0.15) is 6.42 Å². The molecule has 0 unspecified atom stereocenters. The summed E-state index contributed by atoms with van der Waals surface area (Å²) in [6.45, 7) is 1.02. The van der Waals surface area contributed by atoms with Crippen LogP contribution in [0, 0.1) is 5.92 Å². The average molecular weight is 223 g/mol. The highest BCUT2D eigenvalue weighted by molar-refractivity contribution is 5.78. The lowest BCUT2D eigenvalue weighted by Gasteiger charge is -2.15. The van der Waals surface area contributed by atoms with Crippen LogP contribution in [0.4, 0.5) is 0 Å². The Morgan fingerprint density at radius 1 is 1.50 bits per heavy atom. The van der Waals surface area contributed by atoms with Crippen LogP contribution in [0.2, 0.25) is 0 Å². The van der Waals surface area contributed by atoms with E-state index in [1.54, 1.807) is 23.4 Å². The summed E-state index contributed by atoms with van der Waals surface area (Å²) in [7, 11) is 0. The normalized spacial score (nSPS) is 20.0. The first-order chi connectivity index (χ1) is 7.66. The molecule has 1 aliphatic heterocycles. The number of hydrogen-bond donors (Lipinski definition) is 1. The van der Waals surface area contributed by atoms with Crippen LogP contribution in [0.25, 0.3) is 0 Å². The Hall–Kier alpha value is -1.85. The minimum Gasteiger partial charge on any atom is -0.481 e. The van der Waals surface area contributed by atoms with E-state index in [1.165, 1.54) is 4.68 Å². The number of likely N-dealkylation sites (tertiary alicyclic amines) is 1. The van der Waals surface area contributed by atoms with Crippen molar-refractivity contribution in [2.75, 3.05) is 13.1 Å². The molecule has 1 atom stereocenters. The summed E-state index contributed by atoms with van der Waals surface area (Å²) in [6.07, 6.45) is 3.86. The number of rotatable bonds is 3. The van der Waals surface area contributed by atoms with E-state index in [1.807, 2.05) is 0 Å². The molecule has 0 saturated carbocycles. The van der Waals surface area contributed by atoms with Crippen LogP contribution in [0.5, 0.6) is 0 Å². The number of nitrogens with zero attached hydrogens (tertiary/aromatic N) is 3. The maximum atomic E-state index is 11.8. The number of carbonyl (C=O) groups excluding carboxylic acids is 1. The van der Waals surface area contributed by atoms with Gasteiger partial charge in [-0.25, -0.2) is 0 Å². The summed E-state index contributed by atoms with van der Waals surface area (Å²) in [5, 5.41) is 12.7. The monoisotopic (exact) mass is 223 g/mol. The summed E-state index contributed by atoms with van der Waals surface area (Å²) in [5.74, 6) is -1.32. The Bertz CT molecular complexity index is 388. The SMILES string of the molecule is O=C(O)[C@@H]1CCN(C(=O)Cn2cccn2)C1. The molecule has 1 fully saturated rings. The van der Waals surface area contributed by atoms with Gasteiger partial charge in [-0.3, -0.25) is 14.3 Å². The van der Waals surface area contributed by atoms with Crippen molar-refractivity contribution < 1.29 is 14.7 Å². The van der Waals surface area contributed by atoms with E-state index >= 15 is 0 Å². The van der Waals surface area contributed by atoms with Crippen molar-refractivity contribution >= 4 is 11.9 Å². The molecule has 0 spiro atoms. The first-order valence-electron chi connectivity index (χ1n) is 5.15. The maximum Gasteiger partial charge on any atom is 0.308 e. The van der Waals surface area contributed by atoms with E-state index in [9.17, 15) is 9.59 Å². The number of aliphatic carboxylic acids is 1. The van der Waals surface area contributed by atoms with Gasteiger partial charge in [0.15, 0.2) is 0 Å². The Kier molecular flexibility index (Phi) is 2.89. The van der Waals surface area contributed by atoms with Gasteiger partial charge in [-0.05, 0) is 12.5 Å². The van der Waals surface area contributed by atoms with Crippen molar-refractivity contribution in [1.82, 2.24) is 14.7 Å². The van der Waals surface area contributed by atoms with Gasteiger partial charge >= 0.3 is 5.97 Å². The zero-order valence-corrected chi connectivity index (χ0v) is 8.74. The van der Waals surface area contributed by atoms with Crippen molar-refractivity contribution in [2.45, 2.75) is 13.0 Å². The van der Waals surface area contributed by atoms with Crippen LogP contribution in [0.15, 0.2) is 18.5 Å². The largest absolute Gasteiger partial charge is 0.481 e. The first kappa shape index (κ1) is 10.7. The van der Waals surface area contributed by atoms with Crippen molar-refractivity contribution in [3.8, 4) is 0 Å². The van der Waals surface area contributed by atoms with E-state index < -0.39 is 11.9 Å². The summed E-state index contributed by atoms with van der Waals surface area (Å²) in [6, 6.07) is 1.75. The van der Waals surface area contributed by atoms with Crippen LogP contribution in [0.3, 0.4) is 0 Å². The maximum absolute atomic E-state index is 11.8. The Morgan fingerprint density at radius 3 is 2.88 bits per heavy atom.